The molecule has 0 aromatic heterocycles. The first-order chi connectivity index (χ1) is 13.3. The molecule has 0 amide bonds. The summed E-state index contributed by atoms with van der Waals surface area (Å²) in [5.74, 6) is 1.73. The molecule has 0 radical (unpaired) electrons. The Morgan fingerprint density at radius 3 is 2.63 bits per heavy atom. The Kier molecular flexibility index (Phi) is 6.28. The number of fused-ring (bicyclic) bond motifs is 1. The molecular formula is C19H30N4O3S+2. The molecule has 3 heterocycles. The molecule has 7 nitrogen and oxygen atoms in total. The SMILES string of the molecule is S=C(NCC[NH+]1CCOCC1)N1CC[NH+](Cc2ccc3c(c2)OCO3)CC1. The molecule has 0 unspecified atom stereocenters. The third-order valence-electron chi connectivity index (χ3n) is 5.60. The summed E-state index contributed by atoms with van der Waals surface area (Å²) < 4.78 is 16.3. The summed E-state index contributed by atoms with van der Waals surface area (Å²) in [6, 6.07) is 6.28. The van der Waals surface area contributed by atoms with Gasteiger partial charge < -0.3 is 34.2 Å². The van der Waals surface area contributed by atoms with Gasteiger partial charge in [-0.15, -0.1) is 0 Å². The molecule has 27 heavy (non-hydrogen) atoms. The van der Waals surface area contributed by atoms with Gasteiger partial charge in [0.15, 0.2) is 16.6 Å². The zero-order chi connectivity index (χ0) is 18.5. The lowest BCUT2D eigenvalue weighted by Crippen LogP contribution is -3.14. The number of piperazine rings is 1. The maximum Gasteiger partial charge on any atom is 0.231 e. The van der Waals surface area contributed by atoms with E-state index >= 15 is 0 Å². The fourth-order valence-corrected chi connectivity index (χ4v) is 4.20. The third-order valence-corrected chi connectivity index (χ3v) is 6.01. The van der Waals surface area contributed by atoms with Crippen LogP contribution in [0.2, 0.25) is 0 Å². The molecular weight excluding hydrogens is 364 g/mol. The molecule has 0 saturated carbocycles. The van der Waals surface area contributed by atoms with Crippen LogP contribution in [0.3, 0.4) is 0 Å². The van der Waals surface area contributed by atoms with Gasteiger partial charge in [0.25, 0.3) is 0 Å². The van der Waals surface area contributed by atoms with E-state index in [4.69, 9.17) is 26.4 Å². The molecule has 2 saturated heterocycles. The Morgan fingerprint density at radius 2 is 1.81 bits per heavy atom. The van der Waals surface area contributed by atoms with Crippen molar-refractivity contribution in [3.63, 3.8) is 0 Å². The Hall–Kier alpha value is -1.61. The number of hydrogen-bond acceptors (Lipinski definition) is 4. The van der Waals surface area contributed by atoms with Gasteiger partial charge in [-0.3, -0.25) is 0 Å². The Bertz CT molecular complexity index is 646. The lowest BCUT2D eigenvalue weighted by Gasteiger charge is -2.34. The first-order valence-corrected chi connectivity index (χ1v) is 10.3. The van der Waals surface area contributed by atoms with Gasteiger partial charge in [0.2, 0.25) is 6.79 Å². The standard InChI is InChI=1S/C19H28N4O3S/c27-19(20-3-4-21-9-11-24-12-10-21)23-7-5-22(6-8-23)14-16-1-2-17-18(13-16)26-15-25-17/h1-2,13H,3-12,14-15H2,(H,20,27)/p+2. The maximum absolute atomic E-state index is 5.60. The summed E-state index contributed by atoms with van der Waals surface area (Å²) >= 11 is 5.60. The van der Waals surface area contributed by atoms with Crippen LogP contribution in [0.25, 0.3) is 0 Å². The van der Waals surface area contributed by atoms with Gasteiger partial charge in [0.05, 0.1) is 52.5 Å². The second-order valence-corrected chi connectivity index (χ2v) is 7.83. The summed E-state index contributed by atoms with van der Waals surface area (Å²) in [5, 5.41) is 4.36. The lowest BCUT2D eigenvalue weighted by atomic mass is 10.1. The van der Waals surface area contributed by atoms with E-state index in [0.29, 0.717) is 6.79 Å². The first kappa shape index (κ1) is 18.7. The Labute approximate surface area is 166 Å². The van der Waals surface area contributed by atoms with Crippen molar-refractivity contribution in [3.05, 3.63) is 23.8 Å². The summed E-state index contributed by atoms with van der Waals surface area (Å²) in [4.78, 5) is 5.51. The van der Waals surface area contributed by atoms with E-state index in [1.54, 1.807) is 9.80 Å². The zero-order valence-corrected chi connectivity index (χ0v) is 16.6. The largest absolute Gasteiger partial charge is 0.454 e. The molecule has 0 aliphatic carbocycles. The van der Waals surface area contributed by atoms with Crippen molar-refractivity contribution in [2.75, 3.05) is 72.4 Å². The topological polar surface area (TPSA) is 51.8 Å². The van der Waals surface area contributed by atoms with E-state index in [0.717, 1.165) is 88.7 Å². The highest BCUT2D eigenvalue weighted by molar-refractivity contribution is 7.80. The number of nitrogens with zero attached hydrogens (tertiary/aromatic N) is 1. The number of hydrogen-bond donors (Lipinski definition) is 3. The van der Waals surface area contributed by atoms with Crippen molar-refractivity contribution < 1.29 is 24.0 Å². The van der Waals surface area contributed by atoms with Crippen LogP contribution in [0.15, 0.2) is 18.2 Å². The molecule has 3 N–H and O–H groups in total. The average molecular weight is 395 g/mol. The van der Waals surface area contributed by atoms with Gasteiger partial charge in [0.1, 0.15) is 19.6 Å². The van der Waals surface area contributed by atoms with Gasteiger partial charge in [-0.2, -0.15) is 0 Å². The lowest BCUT2D eigenvalue weighted by molar-refractivity contribution is -0.917. The third kappa shape index (κ3) is 5.01. The molecule has 148 valence electrons. The van der Waals surface area contributed by atoms with Crippen LogP contribution in [-0.2, 0) is 11.3 Å². The number of morpholine rings is 1. The Morgan fingerprint density at radius 1 is 1.04 bits per heavy atom. The Balaban J connectivity index is 1.16. The molecule has 4 rings (SSSR count). The van der Waals surface area contributed by atoms with Crippen LogP contribution in [0, 0.1) is 0 Å². The van der Waals surface area contributed by atoms with Crippen LogP contribution >= 0.6 is 12.2 Å². The highest BCUT2D eigenvalue weighted by Gasteiger charge is 2.23. The average Bonchev–Trinajstić information content (AvgIpc) is 3.17. The fourth-order valence-electron chi connectivity index (χ4n) is 3.91. The van der Waals surface area contributed by atoms with Crippen molar-refractivity contribution in [3.8, 4) is 11.5 Å². The quantitative estimate of drug-likeness (QED) is 0.498. The second kappa shape index (κ2) is 9.05. The number of ether oxygens (including phenoxy) is 3. The summed E-state index contributed by atoms with van der Waals surface area (Å²) in [6.45, 7) is 11.6. The normalized spacial score (nSPS) is 20.7. The van der Waals surface area contributed by atoms with E-state index in [9.17, 15) is 0 Å². The first-order valence-electron chi connectivity index (χ1n) is 9.94. The van der Waals surface area contributed by atoms with Gasteiger partial charge in [-0.05, 0) is 30.4 Å². The number of benzene rings is 1. The highest BCUT2D eigenvalue weighted by atomic mass is 32.1. The van der Waals surface area contributed by atoms with Crippen molar-refractivity contribution in [1.29, 1.82) is 0 Å². The monoisotopic (exact) mass is 394 g/mol. The van der Waals surface area contributed by atoms with Gasteiger partial charge >= 0.3 is 0 Å². The second-order valence-electron chi connectivity index (χ2n) is 7.45. The van der Waals surface area contributed by atoms with Gasteiger partial charge in [-0.1, -0.05) is 0 Å². The number of rotatable bonds is 5. The van der Waals surface area contributed by atoms with Gasteiger partial charge in [-0.25, -0.2) is 0 Å². The molecule has 0 spiro atoms. The summed E-state index contributed by atoms with van der Waals surface area (Å²) in [5.41, 5.74) is 1.30. The zero-order valence-electron chi connectivity index (χ0n) is 15.8. The molecule has 1 aromatic rings. The van der Waals surface area contributed by atoms with E-state index < -0.39 is 0 Å². The number of thiocarbonyl (C=S) groups is 1. The van der Waals surface area contributed by atoms with Crippen LogP contribution in [0.5, 0.6) is 11.5 Å². The number of nitrogens with one attached hydrogen (secondary N) is 3. The van der Waals surface area contributed by atoms with Crippen molar-refractivity contribution in [2.24, 2.45) is 0 Å². The minimum atomic E-state index is 0.335. The van der Waals surface area contributed by atoms with E-state index in [1.807, 2.05) is 6.07 Å². The van der Waals surface area contributed by atoms with Crippen molar-refractivity contribution in [1.82, 2.24) is 10.2 Å². The van der Waals surface area contributed by atoms with Crippen molar-refractivity contribution in [2.45, 2.75) is 6.54 Å². The highest BCUT2D eigenvalue weighted by Crippen LogP contribution is 2.32. The smallest absolute Gasteiger partial charge is 0.231 e. The van der Waals surface area contributed by atoms with Crippen LogP contribution in [-0.4, -0.2) is 82.4 Å². The molecule has 8 heteroatoms. The molecule has 3 aliphatic heterocycles. The van der Waals surface area contributed by atoms with E-state index in [2.05, 4.69) is 22.3 Å². The van der Waals surface area contributed by atoms with Crippen LogP contribution in [0.4, 0.5) is 0 Å². The molecule has 0 bridgehead atoms. The minimum Gasteiger partial charge on any atom is -0.454 e. The summed E-state index contributed by atoms with van der Waals surface area (Å²) in [7, 11) is 0. The van der Waals surface area contributed by atoms with Crippen LogP contribution < -0.4 is 24.6 Å². The molecule has 2 fully saturated rings. The van der Waals surface area contributed by atoms with Crippen molar-refractivity contribution >= 4 is 17.3 Å². The fraction of sp³-hybridized carbons (Fsp3) is 0.632. The molecule has 3 aliphatic rings. The van der Waals surface area contributed by atoms with Gasteiger partial charge in [0, 0.05) is 5.56 Å². The van der Waals surface area contributed by atoms with Crippen LogP contribution in [0.1, 0.15) is 5.56 Å². The summed E-state index contributed by atoms with van der Waals surface area (Å²) in [6.07, 6.45) is 0. The molecule has 1 aromatic carbocycles. The maximum atomic E-state index is 5.60. The molecule has 0 atom stereocenters. The predicted molar refractivity (Wildman–Crippen MR) is 106 cm³/mol. The minimum absolute atomic E-state index is 0.335. The van der Waals surface area contributed by atoms with E-state index in [-0.39, 0.29) is 0 Å². The van der Waals surface area contributed by atoms with E-state index in [1.165, 1.54) is 5.56 Å². The number of quaternary nitrogens is 2. The predicted octanol–water partition coefficient (Wildman–Crippen LogP) is -2.09.